The van der Waals surface area contributed by atoms with Crippen LogP contribution >= 0.6 is 0 Å². The molecule has 4 nitrogen and oxygen atoms in total. The Morgan fingerprint density at radius 2 is 2.28 bits per heavy atom. The molecule has 0 saturated heterocycles. The Morgan fingerprint density at radius 1 is 1.44 bits per heavy atom. The van der Waals surface area contributed by atoms with Crippen molar-refractivity contribution >= 4 is 17.0 Å². The number of nitrogen functional groups attached to an aromatic ring is 1. The number of aromatic nitrogens is 2. The van der Waals surface area contributed by atoms with E-state index >= 15 is 0 Å². The zero-order valence-corrected chi connectivity index (χ0v) is 10.7. The average Bonchev–Trinajstić information content (AvgIpc) is 3.11. The van der Waals surface area contributed by atoms with E-state index in [1.54, 1.807) is 0 Å². The minimum atomic E-state index is 0.578. The average molecular weight is 245 g/mol. The van der Waals surface area contributed by atoms with Crippen molar-refractivity contribution in [3.63, 3.8) is 0 Å². The Kier molecular flexibility index (Phi) is 2.96. The number of nitrogens with zero attached hydrogens (tertiary/aromatic N) is 2. The number of fused-ring (bicyclic) bond motifs is 1. The molecule has 1 aliphatic rings. The van der Waals surface area contributed by atoms with E-state index in [4.69, 9.17) is 10.5 Å². The van der Waals surface area contributed by atoms with Gasteiger partial charge in [-0.05, 0) is 37.3 Å². The van der Waals surface area contributed by atoms with Crippen LogP contribution in [0, 0.1) is 12.8 Å². The lowest BCUT2D eigenvalue weighted by molar-refractivity contribution is 0.118. The van der Waals surface area contributed by atoms with Gasteiger partial charge in [0.1, 0.15) is 0 Å². The van der Waals surface area contributed by atoms with Gasteiger partial charge in [0.2, 0.25) is 5.95 Å². The van der Waals surface area contributed by atoms with Gasteiger partial charge in [0.25, 0.3) is 0 Å². The third-order valence-electron chi connectivity index (χ3n) is 3.52. The van der Waals surface area contributed by atoms with Crippen LogP contribution < -0.4 is 5.73 Å². The van der Waals surface area contributed by atoms with Crippen molar-refractivity contribution in [2.75, 3.05) is 18.9 Å². The standard InChI is InChI=1S/C14H19N3O/c1-10-3-2-4-12-13(10)16-14(15)17(12)7-8-18-9-11-5-6-11/h2-4,11H,5-9H2,1H3,(H2,15,16). The molecule has 0 aliphatic heterocycles. The second-order valence-electron chi connectivity index (χ2n) is 5.08. The number of nitrogens with two attached hydrogens (primary N) is 1. The molecule has 1 saturated carbocycles. The second kappa shape index (κ2) is 4.61. The van der Waals surface area contributed by atoms with E-state index in [1.165, 1.54) is 12.8 Å². The summed E-state index contributed by atoms with van der Waals surface area (Å²) in [5, 5.41) is 0. The molecule has 0 amide bonds. The van der Waals surface area contributed by atoms with Crippen LogP contribution in [0.3, 0.4) is 0 Å². The van der Waals surface area contributed by atoms with Crippen LogP contribution in [0.15, 0.2) is 18.2 Å². The predicted molar refractivity (Wildman–Crippen MR) is 72.4 cm³/mol. The van der Waals surface area contributed by atoms with Gasteiger partial charge in [-0.1, -0.05) is 12.1 Å². The highest BCUT2D eigenvalue weighted by molar-refractivity contribution is 5.81. The molecule has 0 atom stereocenters. The molecule has 2 aromatic rings. The van der Waals surface area contributed by atoms with Gasteiger partial charge >= 0.3 is 0 Å². The molecule has 18 heavy (non-hydrogen) atoms. The zero-order chi connectivity index (χ0) is 12.5. The molecule has 1 fully saturated rings. The van der Waals surface area contributed by atoms with Gasteiger partial charge in [-0.15, -0.1) is 0 Å². The van der Waals surface area contributed by atoms with Gasteiger partial charge in [0.15, 0.2) is 0 Å². The molecule has 0 bridgehead atoms. The fourth-order valence-electron chi connectivity index (χ4n) is 2.23. The summed E-state index contributed by atoms with van der Waals surface area (Å²) in [5.41, 5.74) is 9.23. The summed E-state index contributed by atoms with van der Waals surface area (Å²) in [5.74, 6) is 1.39. The van der Waals surface area contributed by atoms with Gasteiger partial charge < -0.3 is 15.0 Å². The molecule has 1 aromatic heterocycles. The van der Waals surface area contributed by atoms with Crippen molar-refractivity contribution in [1.29, 1.82) is 0 Å². The Bertz CT molecular complexity index is 557. The van der Waals surface area contributed by atoms with Crippen molar-refractivity contribution in [2.45, 2.75) is 26.3 Å². The van der Waals surface area contributed by atoms with Gasteiger partial charge in [-0.2, -0.15) is 0 Å². The molecule has 0 spiro atoms. The van der Waals surface area contributed by atoms with E-state index in [0.717, 1.165) is 35.7 Å². The molecule has 1 heterocycles. The Morgan fingerprint density at radius 3 is 3.06 bits per heavy atom. The second-order valence-corrected chi connectivity index (χ2v) is 5.08. The predicted octanol–water partition coefficient (Wildman–Crippen LogP) is 2.35. The van der Waals surface area contributed by atoms with Crippen LogP contribution in [0.1, 0.15) is 18.4 Å². The molecular formula is C14H19N3O. The van der Waals surface area contributed by atoms with E-state index in [1.807, 2.05) is 10.6 Å². The number of anilines is 1. The van der Waals surface area contributed by atoms with E-state index in [-0.39, 0.29) is 0 Å². The molecule has 1 aliphatic carbocycles. The van der Waals surface area contributed by atoms with Crippen molar-refractivity contribution in [2.24, 2.45) is 5.92 Å². The lowest BCUT2D eigenvalue weighted by atomic mass is 10.2. The number of benzene rings is 1. The molecule has 0 radical (unpaired) electrons. The monoisotopic (exact) mass is 245 g/mol. The fourth-order valence-corrected chi connectivity index (χ4v) is 2.23. The summed E-state index contributed by atoms with van der Waals surface area (Å²) in [6, 6.07) is 6.16. The molecule has 4 heteroatoms. The normalized spacial score (nSPS) is 15.4. The molecule has 3 rings (SSSR count). The summed E-state index contributed by atoms with van der Waals surface area (Å²) >= 11 is 0. The third-order valence-corrected chi connectivity index (χ3v) is 3.52. The van der Waals surface area contributed by atoms with Crippen molar-refractivity contribution in [1.82, 2.24) is 9.55 Å². The highest BCUT2D eigenvalue weighted by atomic mass is 16.5. The first kappa shape index (κ1) is 11.5. The molecule has 96 valence electrons. The smallest absolute Gasteiger partial charge is 0.201 e. The molecular weight excluding hydrogens is 226 g/mol. The van der Waals surface area contributed by atoms with Crippen molar-refractivity contribution < 1.29 is 4.74 Å². The fraction of sp³-hybridized carbons (Fsp3) is 0.500. The third kappa shape index (κ3) is 2.20. The van der Waals surface area contributed by atoms with Crippen LogP contribution in [-0.2, 0) is 11.3 Å². The first-order valence-electron chi connectivity index (χ1n) is 6.55. The maximum absolute atomic E-state index is 5.97. The summed E-state index contributed by atoms with van der Waals surface area (Å²) in [6.07, 6.45) is 2.66. The van der Waals surface area contributed by atoms with Gasteiger partial charge in [-0.25, -0.2) is 4.98 Å². The number of aryl methyl sites for hydroxylation is 1. The van der Waals surface area contributed by atoms with Crippen LogP contribution in [-0.4, -0.2) is 22.8 Å². The first-order chi connectivity index (χ1) is 8.75. The number of imidazole rings is 1. The maximum atomic E-state index is 5.97. The summed E-state index contributed by atoms with van der Waals surface area (Å²) in [7, 11) is 0. The van der Waals surface area contributed by atoms with Crippen LogP contribution in [0.2, 0.25) is 0 Å². The van der Waals surface area contributed by atoms with E-state index in [9.17, 15) is 0 Å². The zero-order valence-electron chi connectivity index (χ0n) is 10.7. The topological polar surface area (TPSA) is 53.1 Å². The quantitative estimate of drug-likeness (QED) is 0.823. The van der Waals surface area contributed by atoms with Gasteiger partial charge in [-0.3, -0.25) is 0 Å². The van der Waals surface area contributed by atoms with Crippen molar-refractivity contribution in [3.05, 3.63) is 23.8 Å². The van der Waals surface area contributed by atoms with Gasteiger partial charge in [0, 0.05) is 13.2 Å². The highest BCUT2D eigenvalue weighted by Crippen LogP contribution is 2.28. The van der Waals surface area contributed by atoms with E-state index in [2.05, 4.69) is 24.0 Å². The first-order valence-corrected chi connectivity index (χ1v) is 6.55. The SMILES string of the molecule is Cc1cccc2c1nc(N)n2CCOCC1CC1. The molecule has 0 unspecified atom stereocenters. The van der Waals surface area contributed by atoms with E-state index in [0.29, 0.717) is 12.6 Å². The molecule has 2 N–H and O–H groups in total. The number of hydrogen-bond acceptors (Lipinski definition) is 3. The summed E-state index contributed by atoms with van der Waals surface area (Å²) in [4.78, 5) is 4.42. The van der Waals surface area contributed by atoms with E-state index < -0.39 is 0 Å². The largest absolute Gasteiger partial charge is 0.379 e. The number of hydrogen-bond donors (Lipinski definition) is 1. The minimum absolute atomic E-state index is 0.578. The van der Waals surface area contributed by atoms with Crippen LogP contribution in [0.5, 0.6) is 0 Å². The Hall–Kier alpha value is -1.55. The summed E-state index contributed by atoms with van der Waals surface area (Å²) < 4.78 is 7.70. The lowest BCUT2D eigenvalue weighted by Gasteiger charge is -2.07. The van der Waals surface area contributed by atoms with Crippen LogP contribution in [0.4, 0.5) is 5.95 Å². The highest BCUT2D eigenvalue weighted by Gasteiger charge is 2.21. The minimum Gasteiger partial charge on any atom is -0.379 e. The maximum Gasteiger partial charge on any atom is 0.201 e. The number of rotatable bonds is 5. The summed E-state index contributed by atoms with van der Waals surface area (Å²) in [6.45, 7) is 4.44. The Labute approximate surface area is 107 Å². The number of ether oxygens (including phenoxy) is 1. The molecule has 1 aromatic carbocycles. The van der Waals surface area contributed by atoms with Crippen molar-refractivity contribution in [3.8, 4) is 0 Å². The van der Waals surface area contributed by atoms with Crippen LogP contribution in [0.25, 0.3) is 11.0 Å². The lowest BCUT2D eigenvalue weighted by Crippen LogP contribution is -2.10. The Balaban J connectivity index is 1.73. The number of para-hydroxylation sites is 1. The van der Waals surface area contributed by atoms with Gasteiger partial charge in [0.05, 0.1) is 17.6 Å².